The number of carbonyl (C=O) groups is 2. The molecule has 0 radical (unpaired) electrons. The molecule has 2 aromatic rings. The van der Waals surface area contributed by atoms with E-state index >= 15 is 0 Å². The van der Waals surface area contributed by atoms with Gasteiger partial charge in [-0.15, -0.1) is 0 Å². The van der Waals surface area contributed by atoms with Gasteiger partial charge >= 0.3 is 5.97 Å². The zero-order chi connectivity index (χ0) is 20.9. The summed E-state index contributed by atoms with van der Waals surface area (Å²) in [6, 6.07) is 12.4. The molecule has 29 heavy (non-hydrogen) atoms. The lowest BCUT2D eigenvalue weighted by molar-refractivity contribution is -0.131. The number of nitrogens with zero attached hydrogens (tertiary/aromatic N) is 1. The number of rotatable bonds is 5. The first-order chi connectivity index (χ1) is 13.9. The third-order valence-corrected chi connectivity index (χ3v) is 6.57. The SMILES string of the molecule is CC(=O)Oc1ccc(C(=O)Nc2cccc(S(=O)(=O)N3CCCCCC3)c2)cc1. The van der Waals surface area contributed by atoms with E-state index in [1.165, 1.54) is 41.6 Å². The van der Waals surface area contributed by atoms with E-state index in [1.807, 2.05) is 0 Å². The van der Waals surface area contributed by atoms with Crippen LogP contribution in [0.2, 0.25) is 0 Å². The number of ether oxygens (including phenoxy) is 1. The predicted molar refractivity (Wildman–Crippen MR) is 109 cm³/mol. The Hall–Kier alpha value is -2.71. The topological polar surface area (TPSA) is 92.8 Å². The Balaban J connectivity index is 1.73. The average Bonchev–Trinajstić information content (AvgIpc) is 2.98. The molecule has 0 bridgehead atoms. The van der Waals surface area contributed by atoms with E-state index in [1.54, 1.807) is 18.2 Å². The Bertz CT molecular complexity index is 978. The Labute approximate surface area is 170 Å². The van der Waals surface area contributed by atoms with Crippen LogP contribution in [0.4, 0.5) is 5.69 Å². The van der Waals surface area contributed by atoms with Crippen LogP contribution < -0.4 is 10.1 Å². The van der Waals surface area contributed by atoms with Gasteiger partial charge in [-0.25, -0.2) is 8.42 Å². The van der Waals surface area contributed by atoms with Crippen LogP contribution >= 0.6 is 0 Å². The highest BCUT2D eigenvalue weighted by Gasteiger charge is 2.25. The molecule has 3 rings (SSSR count). The maximum atomic E-state index is 12.9. The minimum Gasteiger partial charge on any atom is -0.427 e. The first-order valence-electron chi connectivity index (χ1n) is 9.56. The Kier molecular flexibility index (Phi) is 6.66. The number of carbonyl (C=O) groups excluding carboxylic acids is 2. The molecule has 0 unspecified atom stereocenters. The second-order valence-electron chi connectivity index (χ2n) is 6.92. The third-order valence-electron chi connectivity index (χ3n) is 4.67. The summed E-state index contributed by atoms with van der Waals surface area (Å²) in [6.07, 6.45) is 3.80. The molecule has 1 amide bonds. The van der Waals surface area contributed by atoms with Gasteiger partial charge in [0.1, 0.15) is 5.75 Å². The quantitative estimate of drug-likeness (QED) is 0.595. The van der Waals surface area contributed by atoms with Gasteiger partial charge in [-0.2, -0.15) is 4.31 Å². The van der Waals surface area contributed by atoms with Crippen molar-refractivity contribution in [3.8, 4) is 5.75 Å². The van der Waals surface area contributed by atoms with Crippen LogP contribution in [0.5, 0.6) is 5.75 Å². The summed E-state index contributed by atoms with van der Waals surface area (Å²) in [5.41, 5.74) is 0.761. The maximum absolute atomic E-state index is 12.9. The molecule has 0 saturated carbocycles. The van der Waals surface area contributed by atoms with Gasteiger partial charge in [0.05, 0.1) is 4.90 Å². The average molecular weight is 416 g/mol. The highest BCUT2D eigenvalue weighted by molar-refractivity contribution is 7.89. The van der Waals surface area contributed by atoms with Gasteiger partial charge in [0.25, 0.3) is 5.91 Å². The fraction of sp³-hybridized carbons (Fsp3) is 0.333. The van der Waals surface area contributed by atoms with Crippen LogP contribution in [-0.4, -0.2) is 37.7 Å². The Morgan fingerprint density at radius 1 is 0.966 bits per heavy atom. The van der Waals surface area contributed by atoms with Crippen molar-refractivity contribution in [1.29, 1.82) is 0 Å². The summed E-state index contributed by atoms with van der Waals surface area (Å²) in [5.74, 6) is -0.479. The van der Waals surface area contributed by atoms with Gasteiger partial charge in [0.15, 0.2) is 0 Å². The highest BCUT2D eigenvalue weighted by Crippen LogP contribution is 2.23. The van der Waals surface area contributed by atoms with Crippen LogP contribution in [0.1, 0.15) is 43.0 Å². The molecule has 8 heteroatoms. The molecule has 1 heterocycles. The van der Waals surface area contributed by atoms with E-state index in [2.05, 4.69) is 5.32 Å². The van der Waals surface area contributed by atoms with Crippen molar-refractivity contribution in [3.05, 3.63) is 54.1 Å². The van der Waals surface area contributed by atoms with E-state index in [9.17, 15) is 18.0 Å². The number of hydrogen-bond donors (Lipinski definition) is 1. The predicted octanol–water partition coefficient (Wildman–Crippen LogP) is 3.43. The number of anilines is 1. The van der Waals surface area contributed by atoms with Crippen LogP contribution in [-0.2, 0) is 14.8 Å². The molecule has 1 saturated heterocycles. The fourth-order valence-corrected chi connectivity index (χ4v) is 4.77. The molecular formula is C21H24N2O5S. The van der Waals surface area contributed by atoms with Gasteiger partial charge < -0.3 is 10.1 Å². The van der Waals surface area contributed by atoms with Crippen molar-refractivity contribution in [2.24, 2.45) is 0 Å². The van der Waals surface area contributed by atoms with Gasteiger partial charge in [0.2, 0.25) is 10.0 Å². The van der Waals surface area contributed by atoms with E-state index < -0.39 is 16.0 Å². The lowest BCUT2D eigenvalue weighted by Crippen LogP contribution is -2.32. The smallest absolute Gasteiger partial charge is 0.308 e. The monoisotopic (exact) mass is 416 g/mol. The standard InChI is InChI=1S/C21H24N2O5S/c1-16(24)28-19-11-9-17(10-12-19)21(25)22-18-7-6-8-20(15-18)29(26,27)23-13-4-2-3-5-14-23/h6-12,15H,2-5,13-14H2,1H3,(H,22,25). The number of amides is 1. The van der Waals surface area contributed by atoms with Crippen molar-refractivity contribution in [1.82, 2.24) is 4.31 Å². The summed E-state index contributed by atoms with van der Waals surface area (Å²) < 4.78 is 32.4. The van der Waals surface area contributed by atoms with Gasteiger partial charge in [-0.3, -0.25) is 9.59 Å². The normalized spacial score (nSPS) is 15.3. The lowest BCUT2D eigenvalue weighted by atomic mass is 10.2. The summed E-state index contributed by atoms with van der Waals surface area (Å²) in [6.45, 7) is 2.34. The molecule has 1 aliphatic rings. The zero-order valence-corrected chi connectivity index (χ0v) is 17.1. The summed E-state index contributed by atoms with van der Waals surface area (Å²) in [5, 5.41) is 2.72. The Morgan fingerprint density at radius 3 is 2.24 bits per heavy atom. The van der Waals surface area contributed by atoms with Crippen molar-refractivity contribution >= 4 is 27.6 Å². The molecule has 0 atom stereocenters. The largest absolute Gasteiger partial charge is 0.427 e. The second-order valence-corrected chi connectivity index (χ2v) is 8.86. The zero-order valence-electron chi connectivity index (χ0n) is 16.3. The van der Waals surface area contributed by atoms with E-state index in [0.717, 1.165) is 25.7 Å². The molecule has 7 nitrogen and oxygen atoms in total. The molecule has 0 aromatic heterocycles. The summed E-state index contributed by atoms with van der Waals surface area (Å²) in [4.78, 5) is 23.6. The second kappa shape index (κ2) is 9.19. The fourth-order valence-electron chi connectivity index (χ4n) is 3.21. The number of benzene rings is 2. The third kappa shape index (κ3) is 5.42. The maximum Gasteiger partial charge on any atom is 0.308 e. The van der Waals surface area contributed by atoms with E-state index in [0.29, 0.717) is 30.1 Å². The highest BCUT2D eigenvalue weighted by atomic mass is 32.2. The minimum atomic E-state index is -3.59. The molecule has 154 valence electrons. The van der Waals surface area contributed by atoms with Crippen molar-refractivity contribution < 1.29 is 22.7 Å². The Morgan fingerprint density at radius 2 is 1.62 bits per heavy atom. The van der Waals surface area contributed by atoms with Gasteiger partial charge in [-0.05, 0) is 55.3 Å². The first kappa shape index (κ1) is 21.0. The number of hydrogen-bond acceptors (Lipinski definition) is 5. The van der Waals surface area contributed by atoms with Crippen molar-refractivity contribution in [3.63, 3.8) is 0 Å². The van der Waals surface area contributed by atoms with Crippen molar-refractivity contribution in [2.45, 2.75) is 37.5 Å². The van der Waals surface area contributed by atoms with E-state index in [4.69, 9.17) is 4.74 Å². The molecule has 1 fully saturated rings. The van der Waals surface area contributed by atoms with Crippen molar-refractivity contribution in [2.75, 3.05) is 18.4 Å². The lowest BCUT2D eigenvalue weighted by Gasteiger charge is -2.20. The van der Waals surface area contributed by atoms with Gasteiger partial charge in [0, 0.05) is 31.3 Å². The summed E-state index contributed by atoms with van der Waals surface area (Å²) >= 11 is 0. The summed E-state index contributed by atoms with van der Waals surface area (Å²) in [7, 11) is -3.59. The van der Waals surface area contributed by atoms with Gasteiger partial charge in [-0.1, -0.05) is 18.9 Å². The van der Waals surface area contributed by atoms with Crippen LogP contribution in [0.25, 0.3) is 0 Å². The van der Waals surface area contributed by atoms with Crippen LogP contribution in [0.3, 0.4) is 0 Å². The molecule has 2 aromatic carbocycles. The first-order valence-corrected chi connectivity index (χ1v) is 11.0. The molecule has 1 aliphatic heterocycles. The number of sulfonamides is 1. The molecular weight excluding hydrogens is 392 g/mol. The molecule has 0 aliphatic carbocycles. The van der Waals surface area contributed by atoms with Crippen LogP contribution in [0.15, 0.2) is 53.4 Å². The molecule has 1 N–H and O–H groups in total. The number of esters is 1. The minimum absolute atomic E-state index is 0.169. The number of nitrogens with one attached hydrogen (secondary N) is 1. The van der Waals surface area contributed by atoms with E-state index in [-0.39, 0.29) is 10.8 Å². The molecule has 0 spiro atoms. The van der Waals surface area contributed by atoms with Crippen LogP contribution in [0, 0.1) is 0 Å².